The highest BCUT2D eigenvalue weighted by atomic mass is 15.2. The number of anilines is 1. The number of aromatic nitrogens is 1. The standard InChI is InChI=1S/C13H18N2/c1-2-6-11(5-1)15-10-4-7-12-13(15)8-3-9-14-12/h3,8-9,11H,1-2,4-7,10H2. The van der Waals surface area contributed by atoms with E-state index in [-0.39, 0.29) is 0 Å². The lowest BCUT2D eigenvalue weighted by Gasteiger charge is -2.35. The molecule has 2 heterocycles. The van der Waals surface area contributed by atoms with E-state index < -0.39 is 0 Å². The highest BCUT2D eigenvalue weighted by Crippen LogP contribution is 2.32. The van der Waals surface area contributed by atoms with Crippen LogP contribution in [-0.4, -0.2) is 17.6 Å². The van der Waals surface area contributed by atoms with Crippen molar-refractivity contribution < 1.29 is 0 Å². The van der Waals surface area contributed by atoms with Crippen LogP contribution < -0.4 is 4.90 Å². The molecule has 0 N–H and O–H groups in total. The van der Waals surface area contributed by atoms with Gasteiger partial charge in [0.1, 0.15) is 0 Å². The number of rotatable bonds is 1. The third kappa shape index (κ3) is 1.62. The topological polar surface area (TPSA) is 16.1 Å². The molecular formula is C13H18N2. The normalized spacial score (nSPS) is 21.7. The number of fused-ring (bicyclic) bond motifs is 1. The molecule has 1 aromatic rings. The number of hydrogen-bond donors (Lipinski definition) is 0. The molecule has 1 aromatic heterocycles. The van der Waals surface area contributed by atoms with E-state index in [0.717, 1.165) is 6.04 Å². The second-order valence-electron chi connectivity index (χ2n) is 4.70. The Morgan fingerprint density at radius 3 is 2.93 bits per heavy atom. The van der Waals surface area contributed by atoms with Crippen LogP contribution in [0.2, 0.25) is 0 Å². The minimum absolute atomic E-state index is 0.799. The predicted octanol–water partition coefficient (Wildman–Crippen LogP) is 2.78. The van der Waals surface area contributed by atoms with Crippen molar-refractivity contribution in [3.8, 4) is 0 Å². The van der Waals surface area contributed by atoms with Gasteiger partial charge in [-0.15, -0.1) is 0 Å². The lowest BCUT2D eigenvalue weighted by atomic mass is 10.0. The molecule has 1 aliphatic carbocycles. The summed E-state index contributed by atoms with van der Waals surface area (Å²) in [7, 11) is 0. The predicted molar refractivity (Wildman–Crippen MR) is 62.2 cm³/mol. The van der Waals surface area contributed by atoms with Crippen LogP contribution in [0.1, 0.15) is 37.8 Å². The molecule has 2 aliphatic rings. The van der Waals surface area contributed by atoms with Crippen LogP contribution in [0.5, 0.6) is 0 Å². The SMILES string of the molecule is c1cnc2c(c1)N(C1CCCC1)CCC2. The van der Waals surface area contributed by atoms with Crippen molar-refractivity contribution in [1.82, 2.24) is 4.98 Å². The van der Waals surface area contributed by atoms with E-state index in [2.05, 4.69) is 22.0 Å². The van der Waals surface area contributed by atoms with Crippen LogP contribution in [0, 0.1) is 0 Å². The van der Waals surface area contributed by atoms with E-state index >= 15 is 0 Å². The van der Waals surface area contributed by atoms with Gasteiger partial charge < -0.3 is 4.90 Å². The molecule has 80 valence electrons. The molecule has 2 heteroatoms. The zero-order valence-corrected chi connectivity index (χ0v) is 9.15. The highest BCUT2D eigenvalue weighted by Gasteiger charge is 2.26. The fraction of sp³-hybridized carbons (Fsp3) is 0.615. The lowest BCUT2D eigenvalue weighted by Crippen LogP contribution is -2.37. The third-order valence-electron chi connectivity index (χ3n) is 3.75. The molecule has 0 atom stereocenters. The summed E-state index contributed by atoms with van der Waals surface area (Å²) < 4.78 is 0. The van der Waals surface area contributed by atoms with Crippen LogP contribution >= 0.6 is 0 Å². The van der Waals surface area contributed by atoms with Crippen LogP contribution in [-0.2, 0) is 6.42 Å². The first-order chi connectivity index (χ1) is 7.45. The molecule has 0 saturated heterocycles. The summed E-state index contributed by atoms with van der Waals surface area (Å²) in [5, 5.41) is 0. The summed E-state index contributed by atoms with van der Waals surface area (Å²) >= 11 is 0. The Kier molecular flexibility index (Phi) is 2.35. The molecule has 1 fully saturated rings. The Morgan fingerprint density at radius 2 is 2.07 bits per heavy atom. The molecule has 0 amide bonds. The van der Waals surface area contributed by atoms with Crippen LogP contribution in [0.25, 0.3) is 0 Å². The third-order valence-corrected chi connectivity index (χ3v) is 3.75. The average Bonchev–Trinajstić information content (AvgIpc) is 2.82. The van der Waals surface area contributed by atoms with Gasteiger partial charge in [0.05, 0.1) is 11.4 Å². The Balaban J connectivity index is 1.91. The lowest BCUT2D eigenvalue weighted by molar-refractivity contribution is 0.566. The molecular weight excluding hydrogens is 184 g/mol. The first-order valence-electron chi connectivity index (χ1n) is 6.16. The molecule has 15 heavy (non-hydrogen) atoms. The number of pyridine rings is 1. The van der Waals surface area contributed by atoms with Gasteiger partial charge in [0.15, 0.2) is 0 Å². The van der Waals surface area contributed by atoms with Gasteiger partial charge in [-0.2, -0.15) is 0 Å². The molecule has 1 saturated carbocycles. The summed E-state index contributed by atoms with van der Waals surface area (Å²) in [6.45, 7) is 1.24. The fourth-order valence-corrected chi connectivity index (χ4v) is 3.02. The second-order valence-corrected chi connectivity index (χ2v) is 4.70. The first-order valence-corrected chi connectivity index (χ1v) is 6.16. The molecule has 0 spiro atoms. The molecule has 0 unspecified atom stereocenters. The van der Waals surface area contributed by atoms with Crippen LogP contribution in [0.15, 0.2) is 18.3 Å². The van der Waals surface area contributed by atoms with Gasteiger partial charge in [-0.25, -0.2) is 0 Å². The van der Waals surface area contributed by atoms with Gasteiger partial charge in [-0.05, 0) is 37.8 Å². The molecule has 2 nitrogen and oxygen atoms in total. The zero-order chi connectivity index (χ0) is 10.1. The minimum atomic E-state index is 0.799. The minimum Gasteiger partial charge on any atom is -0.367 e. The Hall–Kier alpha value is -1.05. The Labute approximate surface area is 91.3 Å². The summed E-state index contributed by atoms with van der Waals surface area (Å²) in [4.78, 5) is 7.11. The van der Waals surface area contributed by atoms with Gasteiger partial charge in [0.25, 0.3) is 0 Å². The van der Waals surface area contributed by atoms with Crippen molar-refractivity contribution in [3.63, 3.8) is 0 Å². The molecule has 1 aliphatic heterocycles. The zero-order valence-electron chi connectivity index (χ0n) is 9.15. The van der Waals surface area contributed by atoms with Crippen LogP contribution in [0.4, 0.5) is 5.69 Å². The van der Waals surface area contributed by atoms with E-state index in [1.165, 1.54) is 56.5 Å². The number of hydrogen-bond acceptors (Lipinski definition) is 2. The maximum Gasteiger partial charge on any atom is 0.0637 e. The van der Waals surface area contributed by atoms with Crippen molar-refractivity contribution >= 4 is 5.69 Å². The van der Waals surface area contributed by atoms with Crippen molar-refractivity contribution in [2.24, 2.45) is 0 Å². The summed E-state index contributed by atoms with van der Waals surface area (Å²) in [5.41, 5.74) is 2.73. The van der Waals surface area contributed by atoms with Crippen LogP contribution in [0.3, 0.4) is 0 Å². The van der Waals surface area contributed by atoms with Crippen molar-refractivity contribution in [2.45, 2.75) is 44.6 Å². The van der Waals surface area contributed by atoms with Gasteiger partial charge in [0.2, 0.25) is 0 Å². The van der Waals surface area contributed by atoms with E-state index in [1.807, 2.05) is 6.20 Å². The second kappa shape index (κ2) is 3.84. The molecule has 0 bridgehead atoms. The van der Waals surface area contributed by atoms with E-state index in [4.69, 9.17) is 0 Å². The van der Waals surface area contributed by atoms with E-state index in [9.17, 15) is 0 Å². The Morgan fingerprint density at radius 1 is 1.20 bits per heavy atom. The maximum absolute atomic E-state index is 4.50. The summed E-state index contributed by atoms with van der Waals surface area (Å²) in [6.07, 6.45) is 9.97. The van der Waals surface area contributed by atoms with Crippen molar-refractivity contribution in [2.75, 3.05) is 11.4 Å². The first kappa shape index (κ1) is 9.20. The van der Waals surface area contributed by atoms with Gasteiger partial charge in [0, 0.05) is 18.8 Å². The van der Waals surface area contributed by atoms with Gasteiger partial charge in [-0.3, -0.25) is 4.98 Å². The monoisotopic (exact) mass is 202 g/mol. The van der Waals surface area contributed by atoms with Gasteiger partial charge >= 0.3 is 0 Å². The van der Waals surface area contributed by atoms with Gasteiger partial charge in [-0.1, -0.05) is 12.8 Å². The van der Waals surface area contributed by atoms with E-state index in [1.54, 1.807) is 0 Å². The fourth-order valence-electron chi connectivity index (χ4n) is 3.02. The smallest absolute Gasteiger partial charge is 0.0637 e. The van der Waals surface area contributed by atoms with Crippen molar-refractivity contribution in [3.05, 3.63) is 24.0 Å². The maximum atomic E-state index is 4.50. The number of aryl methyl sites for hydroxylation is 1. The molecule has 0 radical (unpaired) electrons. The number of nitrogens with zero attached hydrogens (tertiary/aromatic N) is 2. The quantitative estimate of drug-likeness (QED) is 0.696. The van der Waals surface area contributed by atoms with Crippen molar-refractivity contribution in [1.29, 1.82) is 0 Å². The molecule has 0 aromatic carbocycles. The van der Waals surface area contributed by atoms with E-state index in [0.29, 0.717) is 0 Å². The Bertz CT molecular complexity index is 342. The highest BCUT2D eigenvalue weighted by molar-refractivity contribution is 5.53. The summed E-state index contributed by atoms with van der Waals surface area (Å²) in [6, 6.07) is 5.12. The summed E-state index contributed by atoms with van der Waals surface area (Å²) in [5.74, 6) is 0. The average molecular weight is 202 g/mol. The molecule has 3 rings (SSSR count). The largest absolute Gasteiger partial charge is 0.367 e.